The molecule has 0 saturated carbocycles. The molecule has 0 radical (unpaired) electrons. The smallest absolute Gasteiger partial charge is 0.414 e. The highest BCUT2D eigenvalue weighted by Crippen LogP contribution is 2.13. The molecule has 0 saturated heterocycles. The van der Waals surface area contributed by atoms with Gasteiger partial charge >= 0.3 is 6.09 Å². The van der Waals surface area contributed by atoms with E-state index < -0.39 is 11.7 Å². The normalized spacial score (nSPS) is 11.1. The average Bonchev–Trinajstić information content (AvgIpc) is 2.13. The van der Waals surface area contributed by atoms with Gasteiger partial charge in [0.05, 0.1) is 11.6 Å². The van der Waals surface area contributed by atoms with E-state index in [1.807, 2.05) is 0 Å². The number of hydrogen-bond donors (Lipinski definition) is 1. The van der Waals surface area contributed by atoms with Crippen LogP contribution in [0.15, 0.2) is 6.07 Å². The SMILES string of the molecule is CC(C)(C)OC(=O)Nc1nc(Cl)cc(CCl)n1. The van der Waals surface area contributed by atoms with Gasteiger partial charge in [-0.2, -0.15) is 0 Å². The highest BCUT2D eigenvalue weighted by molar-refractivity contribution is 6.29. The Hall–Kier alpha value is -1.07. The van der Waals surface area contributed by atoms with Gasteiger partial charge in [0.25, 0.3) is 0 Å². The molecule has 0 spiro atoms. The molecule has 1 aromatic heterocycles. The standard InChI is InChI=1S/C10H13Cl2N3O2/c1-10(2,3)17-9(16)15-8-13-6(5-11)4-7(12)14-8/h4H,5H2,1-3H3,(H,13,14,15,16). The highest BCUT2D eigenvalue weighted by atomic mass is 35.5. The number of nitrogens with one attached hydrogen (secondary N) is 1. The van der Waals surface area contributed by atoms with Crippen LogP contribution in [0.2, 0.25) is 5.15 Å². The lowest BCUT2D eigenvalue weighted by molar-refractivity contribution is 0.0634. The second-order valence-corrected chi connectivity index (χ2v) is 4.92. The first-order valence-corrected chi connectivity index (χ1v) is 5.81. The van der Waals surface area contributed by atoms with Crippen molar-refractivity contribution in [2.75, 3.05) is 5.32 Å². The zero-order valence-electron chi connectivity index (χ0n) is 9.75. The predicted octanol–water partition coefficient (Wildman–Crippen LogP) is 3.22. The molecule has 0 aliphatic rings. The van der Waals surface area contributed by atoms with Gasteiger partial charge in [0, 0.05) is 0 Å². The Balaban J connectivity index is 2.74. The van der Waals surface area contributed by atoms with Crippen molar-refractivity contribution in [3.63, 3.8) is 0 Å². The van der Waals surface area contributed by atoms with E-state index in [1.54, 1.807) is 20.8 Å². The van der Waals surface area contributed by atoms with Crippen molar-refractivity contribution in [3.8, 4) is 0 Å². The summed E-state index contributed by atoms with van der Waals surface area (Å²) in [7, 11) is 0. The lowest BCUT2D eigenvalue weighted by Gasteiger charge is -2.19. The first kappa shape index (κ1) is 14.0. The van der Waals surface area contributed by atoms with Crippen LogP contribution in [-0.4, -0.2) is 21.7 Å². The topological polar surface area (TPSA) is 64.1 Å². The average molecular weight is 278 g/mol. The lowest BCUT2D eigenvalue weighted by Crippen LogP contribution is -2.27. The summed E-state index contributed by atoms with van der Waals surface area (Å²) in [5, 5.41) is 2.60. The number of anilines is 1. The second kappa shape index (κ2) is 5.51. The zero-order chi connectivity index (χ0) is 13.1. The maximum Gasteiger partial charge on any atom is 0.414 e. The summed E-state index contributed by atoms with van der Waals surface area (Å²) in [4.78, 5) is 19.3. The second-order valence-electron chi connectivity index (χ2n) is 4.27. The third-order valence-corrected chi connectivity index (χ3v) is 1.97. The van der Waals surface area contributed by atoms with Crippen molar-refractivity contribution in [2.24, 2.45) is 0 Å². The van der Waals surface area contributed by atoms with E-state index in [0.717, 1.165) is 0 Å². The number of hydrogen-bond acceptors (Lipinski definition) is 4. The summed E-state index contributed by atoms with van der Waals surface area (Å²) in [5.41, 5.74) is -0.0597. The van der Waals surface area contributed by atoms with Crippen LogP contribution >= 0.6 is 23.2 Å². The molecule has 0 unspecified atom stereocenters. The van der Waals surface area contributed by atoms with Crippen LogP contribution in [0.25, 0.3) is 0 Å². The Morgan fingerprint density at radius 3 is 2.65 bits per heavy atom. The number of alkyl halides is 1. The summed E-state index contributed by atoms with van der Waals surface area (Å²) in [6.45, 7) is 5.28. The van der Waals surface area contributed by atoms with Crippen molar-refractivity contribution in [1.82, 2.24) is 9.97 Å². The molecule has 1 rings (SSSR count). The van der Waals surface area contributed by atoms with Gasteiger partial charge in [0.15, 0.2) is 0 Å². The molecule has 0 fully saturated rings. The fraction of sp³-hybridized carbons (Fsp3) is 0.500. The van der Waals surface area contributed by atoms with Crippen molar-refractivity contribution < 1.29 is 9.53 Å². The van der Waals surface area contributed by atoms with Crippen LogP contribution in [0, 0.1) is 0 Å². The minimum absolute atomic E-state index is 0.0717. The van der Waals surface area contributed by atoms with Gasteiger partial charge in [0.1, 0.15) is 10.8 Å². The first-order chi connectivity index (χ1) is 7.80. The molecule has 0 aromatic carbocycles. The van der Waals surface area contributed by atoms with E-state index in [2.05, 4.69) is 15.3 Å². The van der Waals surface area contributed by atoms with Crippen LogP contribution in [0.4, 0.5) is 10.7 Å². The first-order valence-electron chi connectivity index (χ1n) is 4.89. The van der Waals surface area contributed by atoms with Crippen molar-refractivity contribution in [2.45, 2.75) is 32.3 Å². The number of rotatable bonds is 2. The number of carbonyl (C=O) groups is 1. The number of amides is 1. The van der Waals surface area contributed by atoms with Gasteiger partial charge in [0.2, 0.25) is 5.95 Å². The predicted molar refractivity (Wildman–Crippen MR) is 66.5 cm³/mol. The molecule has 17 heavy (non-hydrogen) atoms. The molecule has 1 heterocycles. The van der Waals surface area contributed by atoms with Crippen molar-refractivity contribution in [1.29, 1.82) is 0 Å². The van der Waals surface area contributed by atoms with Crippen LogP contribution < -0.4 is 5.32 Å². The van der Waals surface area contributed by atoms with E-state index >= 15 is 0 Å². The summed E-state index contributed by atoms with van der Waals surface area (Å²) in [6.07, 6.45) is -0.639. The molecule has 1 amide bonds. The maximum absolute atomic E-state index is 11.4. The van der Waals surface area contributed by atoms with Crippen LogP contribution in [-0.2, 0) is 10.6 Å². The van der Waals surface area contributed by atoms with Crippen LogP contribution in [0.5, 0.6) is 0 Å². The number of aromatic nitrogens is 2. The van der Waals surface area contributed by atoms with Crippen LogP contribution in [0.1, 0.15) is 26.5 Å². The molecule has 0 aliphatic carbocycles. The van der Waals surface area contributed by atoms with Gasteiger partial charge in [-0.05, 0) is 26.8 Å². The minimum atomic E-state index is -0.639. The summed E-state index contributed by atoms with van der Waals surface area (Å²) >= 11 is 11.4. The molecule has 94 valence electrons. The van der Waals surface area contributed by atoms with Gasteiger partial charge in [-0.25, -0.2) is 14.8 Å². The van der Waals surface area contributed by atoms with E-state index in [9.17, 15) is 4.79 Å². The summed E-state index contributed by atoms with van der Waals surface area (Å²) < 4.78 is 5.05. The summed E-state index contributed by atoms with van der Waals surface area (Å²) in [5.74, 6) is 0.257. The molecule has 0 aliphatic heterocycles. The molecule has 7 heteroatoms. The van der Waals surface area contributed by atoms with E-state index in [1.165, 1.54) is 6.07 Å². The number of carbonyl (C=O) groups excluding carboxylic acids is 1. The monoisotopic (exact) mass is 277 g/mol. The molecule has 0 atom stereocenters. The Morgan fingerprint density at radius 1 is 1.47 bits per heavy atom. The Bertz CT molecular complexity index is 419. The molecule has 1 aromatic rings. The third kappa shape index (κ3) is 5.19. The third-order valence-electron chi connectivity index (χ3n) is 1.50. The van der Waals surface area contributed by atoms with Crippen LogP contribution in [0.3, 0.4) is 0 Å². The maximum atomic E-state index is 11.4. The fourth-order valence-corrected chi connectivity index (χ4v) is 1.33. The molecule has 1 N–H and O–H groups in total. The fourth-order valence-electron chi connectivity index (χ4n) is 0.983. The quantitative estimate of drug-likeness (QED) is 0.666. The van der Waals surface area contributed by atoms with Gasteiger partial charge < -0.3 is 4.74 Å². The van der Waals surface area contributed by atoms with Crippen molar-refractivity contribution in [3.05, 3.63) is 16.9 Å². The number of nitrogens with zero attached hydrogens (tertiary/aromatic N) is 2. The number of ether oxygens (including phenoxy) is 1. The Morgan fingerprint density at radius 2 is 2.12 bits per heavy atom. The van der Waals surface area contributed by atoms with Gasteiger partial charge in [-0.15, -0.1) is 11.6 Å². The lowest BCUT2D eigenvalue weighted by atomic mass is 10.2. The largest absolute Gasteiger partial charge is 0.444 e. The Labute approximate surface area is 109 Å². The molecular formula is C10H13Cl2N3O2. The summed E-state index contributed by atoms with van der Waals surface area (Å²) in [6, 6.07) is 1.52. The van der Waals surface area contributed by atoms with E-state index in [0.29, 0.717) is 5.69 Å². The number of halogens is 2. The highest BCUT2D eigenvalue weighted by Gasteiger charge is 2.17. The van der Waals surface area contributed by atoms with Gasteiger partial charge in [-0.3, -0.25) is 5.32 Å². The van der Waals surface area contributed by atoms with E-state index in [-0.39, 0.29) is 17.0 Å². The minimum Gasteiger partial charge on any atom is -0.444 e. The van der Waals surface area contributed by atoms with Crippen molar-refractivity contribution >= 4 is 35.2 Å². The van der Waals surface area contributed by atoms with E-state index in [4.69, 9.17) is 27.9 Å². The Kier molecular flexibility index (Phi) is 4.54. The zero-order valence-corrected chi connectivity index (χ0v) is 11.3. The molecular weight excluding hydrogens is 265 g/mol. The molecule has 5 nitrogen and oxygen atoms in total. The van der Waals surface area contributed by atoms with Gasteiger partial charge in [-0.1, -0.05) is 11.6 Å². The molecule has 0 bridgehead atoms.